The van der Waals surface area contributed by atoms with Crippen molar-refractivity contribution in [1.82, 2.24) is 4.90 Å². The number of likely N-dealkylation sites (N-methyl/N-ethyl adjacent to an activating group) is 1. The van der Waals surface area contributed by atoms with Gasteiger partial charge in [0.05, 0.1) is 0 Å². The summed E-state index contributed by atoms with van der Waals surface area (Å²) in [6, 6.07) is 19.5. The minimum absolute atomic E-state index is 0.0674. The molecule has 4 rings (SSSR count). The van der Waals surface area contributed by atoms with Crippen LogP contribution in [-0.4, -0.2) is 36.9 Å². The van der Waals surface area contributed by atoms with Gasteiger partial charge in [0, 0.05) is 52.2 Å². The van der Waals surface area contributed by atoms with Crippen LogP contribution in [0.5, 0.6) is 0 Å². The highest BCUT2D eigenvalue weighted by Crippen LogP contribution is 2.26. The fourth-order valence-corrected chi connectivity index (χ4v) is 4.15. The topological polar surface area (TPSA) is 52.6 Å². The lowest BCUT2D eigenvalue weighted by molar-refractivity contribution is 0.0984. The molecule has 0 spiro atoms. The molecule has 1 aliphatic rings. The molecule has 0 fully saturated rings. The van der Waals surface area contributed by atoms with Crippen molar-refractivity contribution in [3.8, 4) is 0 Å². The summed E-state index contributed by atoms with van der Waals surface area (Å²) >= 11 is 11.9. The van der Waals surface area contributed by atoms with E-state index >= 15 is 0 Å². The first-order valence-electron chi connectivity index (χ1n) is 9.86. The number of amides is 2. The fourth-order valence-electron chi connectivity index (χ4n) is 3.62. The highest BCUT2D eigenvalue weighted by molar-refractivity contribution is 6.35. The molecule has 0 aromatic heterocycles. The second-order valence-electron chi connectivity index (χ2n) is 7.51. The van der Waals surface area contributed by atoms with Crippen molar-refractivity contribution in [3.63, 3.8) is 0 Å². The number of hydrogen-bond donors (Lipinski definition) is 1. The van der Waals surface area contributed by atoms with Gasteiger partial charge in [-0.2, -0.15) is 0 Å². The molecule has 5 nitrogen and oxygen atoms in total. The summed E-state index contributed by atoms with van der Waals surface area (Å²) in [6.45, 7) is 2.20. The third-order valence-corrected chi connectivity index (χ3v) is 5.62. The lowest BCUT2D eigenvalue weighted by Crippen LogP contribution is -2.35. The summed E-state index contributed by atoms with van der Waals surface area (Å²) in [5, 5.41) is 3.58. The molecule has 7 heteroatoms. The Hall–Kier alpha value is -2.86. The van der Waals surface area contributed by atoms with Crippen molar-refractivity contribution >= 4 is 46.4 Å². The number of halogens is 2. The quantitative estimate of drug-likeness (QED) is 0.582. The minimum atomic E-state index is -0.326. The Bertz CT molecular complexity index is 1110. The van der Waals surface area contributed by atoms with Gasteiger partial charge in [0.15, 0.2) is 0 Å². The third kappa shape index (κ3) is 4.90. The van der Waals surface area contributed by atoms with Crippen LogP contribution < -0.4 is 10.2 Å². The first-order valence-corrected chi connectivity index (χ1v) is 10.6. The molecule has 31 heavy (non-hydrogen) atoms. The molecule has 0 bridgehead atoms. The first-order chi connectivity index (χ1) is 14.9. The van der Waals surface area contributed by atoms with E-state index in [0.717, 1.165) is 24.3 Å². The van der Waals surface area contributed by atoms with Crippen LogP contribution in [0.15, 0.2) is 66.7 Å². The van der Waals surface area contributed by atoms with Gasteiger partial charge in [0.25, 0.3) is 11.8 Å². The number of carbonyl (C=O) groups excluding carboxylic acids is 2. The number of hydrogen-bond acceptors (Lipinski definition) is 3. The van der Waals surface area contributed by atoms with Gasteiger partial charge in [-0.15, -0.1) is 0 Å². The molecule has 0 aliphatic carbocycles. The first kappa shape index (κ1) is 21.4. The third-order valence-electron chi connectivity index (χ3n) is 5.19. The van der Waals surface area contributed by atoms with E-state index in [1.165, 1.54) is 0 Å². The van der Waals surface area contributed by atoms with Crippen molar-refractivity contribution < 1.29 is 9.59 Å². The van der Waals surface area contributed by atoms with Gasteiger partial charge in [0.1, 0.15) is 0 Å². The van der Waals surface area contributed by atoms with E-state index in [2.05, 4.69) is 23.3 Å². The molecule has 1 N–H and O–H groups in total. The minimum Gasteiger partial charge on any atom is -0.322 e. The van der Waals surface area contributed by atoms with Crippen LogP contribution in [0.3, 0.4) is 0 Å². The molecule has 0 radical (unpaired) electrons. The van der Waals surface area contributed by atoms with E-state index < -0.39 is 0 Å². The standard InChI is InChI=1S/C24H21Cl2N3O2/c1-28-10-11-29(22-5-3-2-4-17(22)15-28)24(31)16-6-8-21(9-7-16)27-23(30)18-12-19(25)14-20(26)13-18/h2-9,12-14H,10-11,15H2,1H3,(H,27,30). The summed E-state index contributed by atoms with van der Waals surface area (Å²) in [7, 11) is 2.05. The van der Waals surface area contributed by atoms with Crippen molar-refractivity contribution in [1.29, 1.82) is 0 Å². The van der Waals surface area contributed by atoms with Crippen molar-refractivity contribution in [2.45, 2.75) is 6.54 Å². The average Bonchev–Trinajstić information content (AvgIpc) is 2.91. The van der Waals surface area contributed by atoms with E-state index in [1.54, 1.807) is 42.5 Å². The predicted octanol–water partition coefficient (Wildman–Crippen LogP) is 5.34. The van der Waals surface area contributed by atoms with Gasteiger partial charge in [-0.3, -0.25) is 9.59 Å². The molecule has 0 atom stereocenters. The Morgan fingerprint density at radius 2 is 1.55 bits per heavy atom. The Balaban J connectivity index is 1.52. The Labute approximate surface area is 191 Å². The highest BCUT2D eigenvalue weighted by atomic mass is 35.5. The van der Waals surface area contributed by atoms with Crippen LogP contribution in [-0.2, 0) is 6.54 Å². The molecule has 0 unspecified atom stereocenters. The molecule has 0 saturated heterocycles. The largest absolute Gasteiger partial charge is 0.322 e. The fraction of sp³-hybridized carbons (Fsp3) is 0.167. The van der Waals surface area contributed by atoms with Crippen LogP contribution >= 0.6 is 23.2 Å². The SMILES string of the molecule is CN1CCN(C(=O)c2ccc(NC(=O)c3cc(Cl)cc(Cl)c3)cc2)c2ccccc2C1. The average molecular weight is 454 g/mol. The van der Waals surface area contributed by atoms with Crippen LogP contribution in [0.25, 0.3) is 0 Å². The van der Waals surface area contributed by atoms with Gasteiger partial charge in [-0.25, -0.2) is 0 Å². The Morgan fingerprint density at radius 3 is 2.26 bits per heavy atom. The van der Waals surface area contributed by atoms with Gasteiger partial charge in [-0.05, 0) is 61.1 Å². The zero-order valence-corrected chi connectivity index (χ0v) is 18.5. The monoisotopic (exact) mass is 453 g/mol. The van der Waals surface area contributed by atoms with Gasteiger partial charge in [-0.1, -0.05) is 41.4 Å². The maximum absolute atomic E-state index is 13.2. The smallest absolute Gasteiger partial charge is 0.258 e. The van der Waals surface area contributed by atoms with Crippen molar-refractivity contribution in [3.05, 3.63) is 93.5 Å². The van der Waals surface area contributed by atoms with Crippen LogP contribution in [0, 0.1) is 0 Å². The number of benzene rings is 3. The summed E-state index contributed by atoms with van der Waals surface area (Å²) in [5.41, 5.74) is 3.56. The number of nitrogens with zero attached hydrogens (tertiary/aromatic N) is 2. The summed E-state index contributed by atoms with van der Waals surface area (Å²) in [6.07, 6.45) is 0. The Kier molecular flexibility index (Phi) is 6.28. The summed E-state index contributed by atoms with van der Waals surface area (Å²) in [4.78, 5) is 29.7. The molecule has 3 aromatic carbocycles. The molecule has 1 heterocycles. The molecular formula is C24H21Cl2N3O2. The number of fused-ring (bicyclic) bond motifs is 1. The normalized spacial score (nSPS) is 14.0. The zero-order valence-electron chi connectivity index (χ0n) is 16.9. The summed E-state index contributed by atoms with van der Waals surface area (Å²) in [5.74, 6) is -0.393. The number of rotatable bonds is 3. The van der Waals surface area contributed by atoms with Gasteiger partial charge < -0.3 is 15.1 Å². The van der Waals surface area contributed by atoms with Crippen LogP contribution in [0.2, 0.25) is 10.0 Å². The van der Waals surface area contributed by atoms with E-state index in [9.17, 15) is 9.59 Å². The van der Waals surface area contributed by atoms with E-state index in [1.807, 2.05) is 23.1 Å². The zero-order chi connectivity index (χ0) is 22.0. The van der Waals surface area contributed by atoms with Crippen molar-refractivity contribution in [2.24, 2.45) is 0 Å². The van der Waals surface area contributed by atoms with Crippen LogP contribution in [0.4, 0.5) is 11.4 Å². The summed E-state index contributed by atoms with van der Waals surface area (Å²) < 4.78 is 0. The molecule has 0 saturated carbocycles. The van der Waals surface area contributed by atoms with Crippen molar-refractivity contribution in [2.75, 3.05) is 30.4 Å². The van der Waals surface area contributed by atoms with E-state index in [4.69, 9.17) is 23.2 Å². The molecule has 158 valence electrons. The maximum Gasteiger partial charge on any atom is 0.258 e. The van der Waals surface area contributed by atoms with Crippen LogP contribution in [0.1, 0.15) is 26.3 Å². The molecule has 1 aliphatic heterocycles. The van der Waals surface area contributed by atoms with E-state index in [0.29, 0.717) is 33.4 Å². The number of carbonyl (C=O) groups is 2. The molecule has 2 amide bonds. The van der Waals surface area contributed by atoms with Gasteiger partial charge >= 0.3 is 0 Å². The lowest BCUT2D eigenvalue weighted by Gasteiger charge is -2.23. The second kappa shape index (κ2) is 9.10. The number of para-hydroxylation sites is 1. The predicted molar refractivity (Wildman–Crippen MR) is 125 cm³/mol. The Morgan fingerprint density at radius 1 is 0.871 bits per heavy atom. The van der Waals surface area contributed by atoms with E-state index in [-0.39, 0.29) is 11.8 Å². The molecular weight excluding hydrogens is 433 g/mol. The van der Waals surface area contributed by atoms with Gasteiger partial charge in [0.2, 0.25) is 0 Å². The lowest BCUT2D eigenvalue weighted by atomic mass is 10.1. The second-order valence-corrected chi connectivity index (χ2v) is 8.39. The maximum atomic E-state index is 13.2. The number of nitrogens with one attached hydrogen (secondary N) is 1. The highest BCUT2D eigenvalue weighted by Gasteiger charge is 2.23. The molecule has 3 aromatic rings. The number of anilines is 2.